The van der Waals surface area contributed by atoms with E-state index in [1.807, 2.05) is 32.0 Å². The van der Waals surface area contributed by atoms with Crippen LogP contribution >= 0.6 is 34.2 Å². The minimum atomic E-state index is 0.0924. The van der Waals surface area contributed by atoms with Gasteiger partial charge < -0.3 is 4.90 Å². The molecule has 0 spiro atoms. The van der Waals surface area contributed by atoms with E-state index in [1.165, 1.54) is 5.56 Å². The van der Waals surface area contributed by atoms with Crippen molar-refractivity contribution in [2.24, 2.45) is 7.05 Å². The second-order valence-electron chi connectivity index (χ2n) is 7.32. The summed E-state index contributed by atoms with van der Waals surface area (Å²) in [6.07, 6.45) is 0.312. The third-order valence-electron chi connectivity index (χ3n) is 4.64. The number of aryl methyl sites for hydroxylation is 2. The van der Waals surface area contributed by atoms with Gasteiger partial charge >= 0.3 is 0 Å². The molecule has 0 bridgehead atoms. The maximum absolute atomic E-state index is 12.6. The second kappa shape index (κ2) is 8.32. The van der Waals surface area contributed by atoms with Crippen LogP contribution in [0.25, 0.3) is 11.0 Å². The molecule has 0 aliphatic carbocycles. The number of nitrogens with zero attached hydrogens (tertiary/aromatic N) is 5. The van der Waals surface area contributed by atoms with Crippen LogP contribution in [0.1, 0.15) is 36.6 Å². The molecule has 3 heterocycles. The number of carbonyl (C=O) groups is 1. The minimum Gasteiger partial charge on any atom is -0.352 e. The maximum Gasteiger partial charge on any atom is 0.160 e. The Morgan fingerprint density at radius 1 is 1.29 bits per heavy atom. The number of halogens is 2. The number of fused-ring (bicyclic) bond motifs is 1. The van der Waals surface area contributed by atoms with Crippen LogP contribution < -0.4 is 4.90 Å². The van der Waals surface area contributed by atoms with Crippen molar-refractivity contribution in [2.45, 2.75) is 33.1 Å². The number of anilines is 1. The van der Waals surface area contributed by atoms with E-state index in [4.69, 9.17) is 16.6 Å². The summed E-state index contributed by atoms with van der Waals surface area (Å²) in [7, 11) is 3.79. The molecule has 0 atom stereocenters. The number of Topliss-reactive ketones (excluding diaryl/α,β-unsaturated/α-hetero) is 1. The average molecular weight is 512 g/mol. The topological polar surface area (TPSA) is 63.9 Å². The largest absolute Gasteiger partial charge is 0.352 e. The van der Waals surface area contributed by atoms with E-state index in [2.05, 4.69) is 52.6 Å². The van der Waals surface area contributed by atoms with Gasteiger partial charge in [-0.05, 0) is 64.8 Å². The van der Waals surface area contributed by atoms with Gasteiger partial charge in [-0.25, -0.2) is 9.97 Å². The first-order valence-electron chi connectivity index (χ1n) is 9.04. The highest BCUT2D eigenvalue weighted by Crippen LogP contribution is 2.30. The lowest BCUT2D eigenvalue weighted by Crippen LogP contribution is -2.27. The fraction of sp³-hybridized carbons (Fsp3) is 0.400. The normalized spacial score (nSPS) is 11.4. The molecule has 0 aliphatic heterocycles. The fourth-order valence-corrected chi connectivity index (χ4v) is 4.39. The van der Waals surface area contributed by atoms with Gasteiger partial charge in [0.15, 0.2) is 11.4 Å². The van der Waals surface area contributed by atoms with Crippen molar-refractivity contribution in [3.63, 3.8) is 0 Å². The minimum absolute atomic E-state index is 0.0924. The van der Waals surface area contributed by atoms with E-state index in [1.54, 1.807) is 10.7 Å². The van der Waals surface area contributed by atoms with Crippen LogP contribution in [-0.4, -0.2) is 39.1 Å². The molecule has 6 nitrogen and oxygen atoms in total. The van der Waals surface area contributed by atoms with Crippen LogP contribution in [-0.2, 0) is 18.3 Å². The number of hydrogen-bond acceptors (Lipinski definition) is 5. The van der Waals surface area contributed by atoms with Crippen molar-refractivity contribution < 1.29 is 4.79 Å². The lowest BCUT2D eigenvalue weighted by molar-refractivity contribution is -0.117. The number of hydrogen-bond donors (Lipinski definition) is 0. The number of carbonyl (C=O) groups excluding carboxylic acids is 1. The Morgan fingerprint density at radius 2 is 2.00 bits per heavy atom. The first kappa shape index (κ1) is 21.0. The summed E-state index contributed by atoms with van der Waals surface area (Å²) in [5.41, 5.74) is 3.88. The number of rotatable bonds is 6. The Morgan fingerprint density at radius 3 is 2.64 bits per heavy atom. The van der Waals surface area contributed by atoms with Gasteiger partial charge in [0.05, 0.1) is 12.2 Å². The summed E-state index contributed by atoms with van der Waals surface area (Å²) in [6, 6.07) is 5.69. The number of pyridine rings is 2. The highest BCUT2D eigenvalue weighted by atomic mass is 127. The predicted molar refractivity (Wildman–Crippen MR) is 121 cm³/mol. The van der Waals surface area contributed by atoms with Crippen molar-refractivity contribution in [3.05, 3.63) is 43.9 Å². The highest BCUT2D eigenvalue weighted by molar-refractivity contribution is 14.1. The number of likely N-dealkylation sites (N-methyl/N-ethyl adjacent to an activating group) is 1. The van der Waals surface area contributed by atoms with Gasteiger partial charge in [-0.15, -0.1) is 0 Å². The van der Waals surface area contributed by atoms with E-state index in [9.17, 15) is 4.79 Å². The van der Waals surface area contributed by atoms with Gasteiger partial charge in [-0.3, -0.25) is 9.48 Å². The molecule has 0 aliphatic rings. The summed E-state index contributed by atoms with van der Waals surface area (Å²) in [5, 5.41) is 6.02. The van der Waals surface area contributed by atoms with Gasteiger partial charge in [0.1, 0.15) is 14.7 Å². The lowest BCUT2D eigenvalue weighted by Gasteiger charge is -2.20. The van der Waals surface area contributed by atoms with Crippen molar-refractivity contribution in [2.75, 3.05) is 18.5 Å². The van der Waals surface area contributed by atoms with E-state index >= 15 is 0 Å². The maximum atomic E-state index is 12.6. The van der Waals surface area contributed by atoms with Crippen LogP contribution in [0.2, 0.25) is 5.15 Å². The Labute approximate surface area is 183 Å². The Kier molecular flexibility index (Phi) is 6.24. The van der Waals surface area contributed by atoms with E-state index in [-0.39, 0.29) is 12.3 Å². The standard InChI is InChI=1S/C20H23ClIN5O/c1-11(2)15-9-18(24-20-19(15)12(3)25-27(20)5)26(4)10-14(28)6-13-7-16(21)23-17(22)8-13/h7-9,11H,6,10H2,1-5H3. The molecule has 148 valence electrons. The summed E-state index contributed by atoms with van der Waals surface area (Å²) in [4.78, 5) is 23.4. The Hall–Kier alpha value is -1.74. The fourth-order valence-electron chi connectivity index (χ4n) is 3.36. The molecular weight excluding hydrogens is 489 g/mol. The zero-order valence-corrected chi connectivity index (χ0v) is 19.5. The summed E-state index contributed by atoms with van der Waals surface area (Å²) >= 11 is 8.10. The number of aromatic nitrogens is 4. The predicted octanol–water partition coefficient (Wildman–Crippen LogP) is 4.30. The van der Waals surface area contributed by atoms with Gasteiger partial charge in [0.2, 0.25) is 0 Å². The van der Waals surface area contributed by atoms with Crippen molar-refractivity contribution in [1.29, 1.82) is 0 Å². The van der Waals surface area contributed by atoms with Gasteiger partial charge in [0.25, 0.3) is 0 Å². The van der Waals surface area contributed by atoms with E-state index in [0.717, 1.165) is 31.8 Å². The van der Waals surface area contributed by atoms with E-state index < -0.39 is 0 Å². The van der Waals surface area contributed by atoms with Gasteiger partial charge in [-0.1, -0.05) is 25.4 Å². The quantitative estimate of drug-likeness (QED) is 0.365. The monoisotopic (exact) mass is 511 g/mol. The Balaban J connectivity index is 1.85. The lowest BCUT2D eigenvalue weighted by atomic mass is 9.99. The first-order chi connectivity index (χ1) is 13.2. The summed E-state index contributed by atoms with van der Waals surface area (Å²) in [6.45, 7) is 6.59. The van der Waals surface area contributed by atoms with E-state index in [0.29, 0.717) is 17.5 Å². The third-order valence-corrected chi connectivity index (χ3v) is 5.38. The third kappa shape index (κ3) is 4.46. The molecule has 0 N–H and O–H groups in total. The highest BCUT2D eigenvalue weighted by Gasteiger charge is 2.18. The zero-order valence-electron chi connectivity index (χ0n) is 16.6. The smallest absolute Gasteiger partial charge is 0.160 e. The van der Waals surface area contributed by atoms with Crippen LogP contribution in [0.4, 0.5) is 5.82 Å². The molecule has 0 unspecified atom stereocenters. The molecule has 0 amide bonds. The van der Waals surface area contributed by atoms with Crippen molar-refractivity contribution >= 4 is 56.8 Å². The summed E-state index contributed by atoms with van der Waals surface area (Å²) < 4.78 is 2.58. The molecule has 0 aromatic carbocycles. The molecule has 0 radical (unpaired) electrons. The zero-order chi connectivity index (χ0) is 20.6. The summed E-state index contributed by atoms with van der Waals surface area (Å²) in [5.74, 6) is 1.20. The average Bonchev–Trinajstić information content (AvgIpc) is 2.87. The van der Waals surface area contributed by atoms with Crippen LogP contribution in [0, 0.1) is 10.6 Å². The molecule has 3 rings (SSSR count). The molecule has 0 fully saturated rings. The van der Waals surface area contributed by atoms with Gasteiger partial charge in [0, 0.05) is 25.9 Å². The van der Waals surface area contributed by atoms with Crippen LogP contribution in [0.3, 0.4) is 0 Å². The first-order valence-corrected chi connectivity index (χ1v) is 10.5. The number of ketones is 1. The molecule has 28 heavy (non-hydrogen) atoms. The van der Waals surface area contributed by atoms with Crippen LogP contribution in [0.5, 0.6) is 0 Å². The van der Waals surface area contributed by atoms with Crippen molar-refractivity contribution in [3.8, 4) is 0 Å². The van der Waals surface area contributed by atoms with Crippen LogP contribution in [0.15, 0.2) is 18.2 Å². The molecule has 3 aromatic rings. The molecule has 3 aromatic heterocycles. The van der Waals surface area contributed by atoms with Gasteiger partial charge in [-0.2, -0.15) is 5.10 Å². The SMILES string of the molecule is Cc1nn(C)c2nc(N(C)CC(=O)Cc3cc(Cl)nc(I)c3)cc(C(C)C)c12. The van der Waals surface area contributed by atoms with Crippen molar-refractivity contribution in [1.82, 2.24) is 19.7 Å². The molecule has 0 saturated carbocycles. The molecule has 8 heteroatoms. The second-order valence-corrected chi connectivity index (χ2v) is 8.82. The molecular formula is C20H23ClIN5O. The Bertz CT molecular complexity index is 1030. The molecule has 0 saturated heterocycles.